The number of primary amides is 1. The number of piperazine rings is 1. The molecule has 0 saturated carbocycles. The first-order valence-electron chi connectivity index (χ1n) is 11.6. The summed E-state index contributed by atoms with van der Waals surface area (Å²) in [5.41, 5.74) is 9.46. The average Bonchev–Trinajstić information content (AvgIpc) is 3.15. The number of hydrazine groups is 1. The maximum atomic E-state index is 13.6. The summed E-state index contributed by atoms with van der Waals surface area (Å²) in [5.74, 6) is -0.897. The molecule has 0 spiro atoms. The normalized spacial score (nSPS) is 26.5. The number of hydrogen-bond donors (Lipinski definition) is 2. The molecule has 180 valence electrons. The molecule has 3 atom stereocenters. The highest BCUT2D eigenvalue weighted by atomic mass is 16.5. The number of amides is 3. The molecule has 1 aromatic rings. The summed E-state index contributed by atoms with van der Waals surface area (Å²) in [6, 6.07) is 9.27. The van der Waals surface area contributed by atoms with Gasteiger partial charge in [0.1, 0.15) is 0 Å². The zero-order valence-electron chi connectivity index (χ0n) is 19.2. The second-order valence-corrected chi connectivity index (χ2v) is 9.05. The summed E-state index contributed by atoms with van der Waals surface area (Å²) in [5, 5.41) is 1.61. The van der Waals surface area contributed by atoms with Gasteiger partial charge in [-0.25, -0.2) is 10.4 Å². The minimum absolute atomic E-state index is 0.00622. The smallest absolute Gasteiger partial charge is 0.247 e. The lowest BCUT2D eigenvalue weighted by Gasteiger charge is -2.42. The lowest BCUT2D eigenvalue weighted by atomic mass is 9.83. The number of nitrogens with zero attached hydrogens (tertiary/aromatic N) is 4. The van der Waals surface area contributed by atoms with Crippen molar-refractivity contribution in [1.29, 1.82) is 0 Å². The van der Waals surface area contributed by atoms with Crippen LogP contribution >= 0.6 is 0 Å². The van der Waals surface area contributed by atoms with Crippen LogP contribution in [0.15, 0.2) is 30.3 Å². The lowest BCUT2D eigenvalue weighted by Crippen LogP contribution is -2.60. The number of benzene rings is 1. The summed E-state index contributed by atoms with van der Waals surface area (Å²) in [6.07, 6.45) is 0.852. The van der Waals surface area contributed by atoms with Gasteiger partial charge in [-0.1, -0.05) is 18.2 Å². The van der Waals surface area contributed by atoms with Gasteiger partial charge in [-0.3, -0.25) is 19.3 Å². The number of hydrogen-bond acceptors (Lipinski definition) is 7. The quantitative estimate of drug-likeness (QED) is 0.487. The minimum Gasteiger partial charge on any atom is -0.385 e. The fourth-order valence-corrected chi connectivity index (χ4v) is 5.14. The molecule has 33 heavy (non-hydrogen) atoms. The van der Waals surface area contributed by atoms with E-state index in [1.54, 1.807) is 12.1 Å². The van der Waals surface area contributed by atoms with Crippen molar-refractivity contribution in [2.45, 2.75) is 12.5 Å². The monoisotopic (exact) mass is 458 g/mol. The van der Waals surface area contributed by atoms with Gasteiger partial charge < -0.3 is 20.3 Å². The van der Waals surface area contributed by atoms with Gasteiger partial charge in [0.15, 0.2) is 0 Å². The molecule has 0 bridgehead atoms. The summed E-state index contributed by atoms with van der Waals surface area (Å²) in [4.78, 5) is 44.3. The Balaban J connectivity index is 1.49. The summed E-state index contributed by atoms with van der Waals surface area (Å²) in [7, 11) is 1.68. The average molecular weight is 459 g/mol. The zero-order valence-corrected chi connectivity index (χ0v) is 19.2. The number of methoxy groups -OCH3 is 1. The first kappa shape index (κ1) is 23.6. The Morgan fingerprint density at radius 3 is 2.48 bits per heavy atom. The van der Waals surface area contributed by atoms with Gasteiger partial charge in [0.2, 0.25) is 17.7 Å². The molecule has 4 rings (SSSR count). The summed E-state index contributed by atoms with van der Waals surface area (Å²) in [6.45, 7) is 5.23. The number of anilines is 1. The molecule has 3 amide bonds. The van der Waals surface area contributed by atoms with E-state index in [1.165, 1.54) is 0 Å². The predicted octanol–water partition coefficient (Wildman–Crippen LogP) is -0.880. The Kier molecular flexibility index (Phi) is 7.59. The Labute approximate surface area is 194 Å². The van der Waals surface area contributed by atoms with E-state index in [-0.39, 0.29) is 42.1 Å². The molecule has 3 aliphatic heterocycles. The Morgan fingerprint density at radius 1 is 1.09 bits per heavy atom. The molecule has 0 aromatic heterocycles. The minimum atomic E-state index is -0.355. The summed E-state index contributed by atoms with van der Waals surface area (Å²) < 4.78 is 5.20. The molecule has 3 aliphatic rings. The molecule has 10 nitrogen and oxygen atoms in total. The van der Waals surface area contributed by atoms with E-state index in [2.05, 4.69) is 10.3 Å². The van der Waals surface area contributed by atoms with Crippen LogP contribution in [0.25, 0.3) is 0 Å². The van der Waals surface area contributed by atoms with Crippen LogP contribution in [0.5, 0.6) is 0 Å². The Bertz CT molecular complexity index is 845. The third-order valence-electron chi connectivity index (χ3n) is 6.81. The standard InChI is InChI=1S/C23H34N6O4/c1-33-13-5-8-27-14-18(22(31)28-11-9-26(10-12-28)16-20(24)30)21-19(15-27)23(32)29(25-21)17-6-3-2-4-7-17/h2-4,6-7,18-19,21,25H,5,8-16H2,1H3,(H2,24,30). The van der Waals surface area contributed by atoms with Crippen molar-refractivity contribution >= 4 is 23.4 Å². The van der Waals surface area contributed by atoms with Gasteiger partial charge in [-0.15, -0.1) is 0 Å². The van der Waals surface area contributed by atoms with Crippen LogP contribution in [0.2, 0.25) is 0 Å². The van der Waals surface area contributed by atoms with E-state index in [0.717, 1.165) is 18.7 Å². The number of rotatable bonds is 8. The van der Waals surface area contributed by atoms with E-state index in [4.69, 9.17) is 10.5 Å². The van der Waals surface area contributed by atoms with Crippen molar-refractivity contribution in [3.8, 4) is 0 Å². The largest absolute Gasteiger partial charge is 0.385 e. The van der Waals surface area contributed by atoms with Crippen molar-refractivity contribution in [2.75, 3.05) is 71.1 Å². The molecule has 3 heterocycles. The van der Waals surface area contributed by atoms with Crippen molar-refractivity contribution in [3.63, 3.8) is 0 Å². The van der Waals surface area contributed by atoms with Crippen LogP contribution in [0.1, 0.15) is 6.42 Å². The van der Waals surface area contributed by atoms with Crippen molar-refractivity contribution < 1.29 is 19.1 Å². The number of nitrogens with one attached hydrogen (secondary N) is 1. The van der Waals surface area contributed by atoms with E-state index in [0.29, 0.717) is 45.9 Å². The highest BCUT2D eigenvalue weighted by Gasteiger charge is 2.51. The van der Waals surface area contributed by atoms with Gasteiger partial charge >= 0.3 is 0 Å². The van der Waals surface area contributed by atoms with Crippen LogP contribution < -0.4 is 16.2 Å². The van der Waals surface area contributed by atoms with Crippen LogP contribution in [0, 0.1) is 11.8 Å². The van der Waals surface area contributed by atoms with Crippen LogP contribution in [-0.2, 0) is 19.1 Å². The third kappa shape index (κ3) is 5.35. The van der Waals surface area contributed by atoms with Crippen LogP contribution in [0.3, 0.4) is 0 Å². The highest BCUT2D eigenvalue weighted by Crippen LogP contribution is 2.33. The maximum absolute atomic E-state index is 13.6. The molecule has 0 radical (unpaired) electrons. The van der Waals surface area contributed by atoms with E-state index < -0.39 is 0 Å². The fraction of sp³-hybridized carbons (Fsp3) is 0.609. The Hall–Kier alpha value is -2.53. The number of para-hydroxylation sites is 1. The number of fused-ring (bicyclic) bond motifs is 1. The van der Waals surface area contributed by atoms with E-state index >= 15 is 0 Å². The Morgan fingerprint density at radius 2 is 1.82 bits per heavy atom. The zero-order chi connectivity index (χ0) is 23.4. The molecule has 1 aromatic carbocycles. The highest BCUT2D eigenvalue weighted by molar-refractivity contribution is 5.98. The number of ether oxygens (including phenoxy) is 1. The van der Waals surface area contributed by atoms with Crippen LogP contribution in [-0.4, -0.2) is 105 Å². The molecular weight excluding hydrogens is 424 g/mol. The van der Waals surface area contributed by atoms with Crippen molar-refractivity contribution in [1.82, 2.24) is 20.1 Å². The second kappa shape index (κ2) is 10.6. The molecule has 3 N–H and O–H groups in total. The van der Waals surface area contributed by atoms with Crippen molar-refractivity contribution in [2.24, 2.45) is 17.6 Å². The second-order valence-electron chi connectivity index (χ2n) is 9.05. The SMILES string of the molecule is COCCCN1CC(C(=O)N2CCN(CC(N)=O)CC2)C2NN(c3ccccc3)C(=O)C2C1. The molecule has 3 unspecified atom stereocenters. The third-order valence-corrected chi connectivity index (χ3v) is 6.81. The van der Waals surface area contributed by atoms with Gasteiger partial charge in [0, 0.05) is 59.5 Å². The van der Waals surface area contributed by atoms with E-state index in [9.17, 15) is 14.4 Å². The lowest BCUT2D eigenvalue weighted by molar-refractivity contribution is -0.141. The molecular formula is C23H34N6O4. The number of carbonyl (C=O) groups excluding carboxylic acids is 3. The molecule has 10 heteroatoms. The number of nitrogens with two attached hydrogens (primary N) is 1. The van der Waals surface area contributed by atoms with Crippen LogP contribution in [0.4, 0.5) is 5.69 Å². The van der Waals surface area contributed by atoms with Gasteiger partial charge in [-0.05, 0) is 18.6 Å². The number of piperidine rings is 1. The van der Waals surface area contributed by atoms with E-state index in [1.807, 2.05) is 40.1 Å². The van der Waals surface area contributed by atoms with Gasteiger partial charge in [0.05, 0.1) is 30.1 Å². The summed E-state index contributed by atoms with van der Waals surface area (Å²) >= 11 is 0. The number of likely N-dealkylation sites (tertiary alicyclic amines) is 1. The molecule has 3 fully saturated rings. The number of carbonyl (C=O) groups is 3. The molecule has 3 saturated heterocycles. The predicted molar refractivity (Wildman–Crippen MR) is 123 cm³/mol. The molecule has 0 aliphatic carbocycles. The van der Waals surface area contributed by atoms with Gasteiger partial charge in [-0.2, -0.15) is 0 Å². The first-order valence-corrected chi connectivity index (χ1v) is 11.6. The van der Waals surface area contributed by atoms with Crippen molar-refractivity contribution in [3.05, 3.63) is 30.3 Å². The fourth-order valence-electron chi connectivity index (χ4n) is 5.14. The topological polar surface area (TPSA) is 111 Å². The maximum Gasteiger partial charge on any atom is 0.247 e. The van der Waals surface area contributed by atoms with Gasteiger partial charge in [0.25, 0.3) is 0 Å². The first-order chi connectivity index (χ1) is 16.0.